The van der Waals surface area contributed by atoms with Crippen LogP contribution in [0.3, 0.4) is 0 Å². The molecule has 0 unspecified atom stereocenters. The highest BCUT2D eigenvalue weighted by Crippen LogP contribution is 2.25. The van der Waals surface area contributed by atoms with Crippen molar-refractivity contribution in [2.75, 3.05) is 0 Å². The van der Waals surface area contributed by atoms with Crippen LogP contribution in [-0.2, 0) is 14.5 Å². The molecule has 0 aromatic rings. The van der Waals surface area contributed by atoms with E-state index in [2.05, 4.69) is 4.33 Å². The smallest absolute Gasteiger partial charge is 0.305 e. The molecular formula is C4H11NO6S. The van der Waals surface area contributed by atoms with Crippen LogP contribution in [0.1, 0.15) is 13.8 Å². The van der Waals surface area contributed by atoms with E-state index in [4.69, 9.17) is 21.2 Å². The monoisotopic (exact) mass is 201 g/mol. The highest BCUT2D eigenvalue weighted by atomic mass is 32.2. The Labute approximate surface area is 69.4 Å². The van der Waals surface area contributed by atoms with E-state index in [0.717, 1.165) is 13.8 Å². The molecule has 0 aliphatic carbocycles. The summed E-state index contributed by atoms with van der Waals surface area (Å²) in [5.74, 6) is -2.99. The van der Waals surface area contributed by atoms with Gasteiger partial charge in [0.25, 0.3) is 0 Å². The fourth-order valence-electron chi connectivity index (χ4n) is 0.277. The van der Waals surface area contributed by atoms with Crippen LogP contribution in [0.5, 0.6) is 0 Å². The van der Waals surface area contributed by atoms with Crippen LogP contribution in [0.2, 0.25) is 0 Å². The molecular weight excluding hydrogens is 190 g/mol. The molecule has 0 rings (SSSR count). The highest BCUT2D eigenvalue weighted by molar-refractivity contribution is 7.88. The average Bonchev–Trinajstić information content (AvgIpc) is 1.85. The fraction of sp³-hybridized carbons (Fsp3) is 1.00. The molecule has 5 N–H and O–H groups in total. The third-order valence-electron chi connectivity index (χ3n) is 1.61. The van der Waals surface area contributed by atoms with Crippen LogP contribution >= 0.6 is 0 Å². The lowest BCUT2D eigenvalue weighted by Crippen LogP contribution is -2.61. The summed E-state index contributed by atoms with van der Waals surface area (Å²) >= 11 is 0. The number of nitrogens with two attached hydrogens (primary N) is 1. The molecule has 0 spiro atoms. The largest absolute Gasteiger partial charge is 0.352 e. The van der Waals surface area contributed by atoms with E-state index in [1.165, 1.54) is 0 Å². The maximum Gasteiger partial charge on any atom is 0.305 e. The van der Waals surface area contributed by atoms with Crippen LogP contribution in [0.4, 0.5) is 0 Å². The van der Waals surface area contributed by atoms with Crippen molar-refractivity contribution >= 4 is 10.1 Å². The second-order valence-corrected chi connectivity index (χ2v) is 4.84. The van der Waals surface area contributed by atoms with E-state index in [9.17, 15) is 8.42 Å². The lowest BCUT2D eigenvalue weighted by atomic mass is 10.1. The molecule has 8 heteroatoms. The maximum atomic E-state index is 10.8. The second-order valence-electron chi connectivity index (χ2n) is 2.77. The SMILES string of the molecule is CC(C)(C(N)(O)O)S(=O)(=O)OO. The molecule has 74 valence electrons. The number of hydrogen-bond donors (Lipinski definition) is 4. The van der Waals surface area contributed by atoms with E-state index in [1.54, 1.807) is 0 Å². The predicted molar refractivity (Wildman–Crippen MR) is 38.1 cm³/mol. The van der Waals surface area contributed by atoms with Crippen LogP contribution in [0, 0.1) is 0 Å². The summed E-state index contributed by atoms with van der Waals surface area (Å²) in [5, 5.41) is 25.5. The predicted octanol–water partition coefficient (Wildman–Crippen LogP) is -1.82. The van der Waals surface area contributed by atoms with Gasteiger partial charge in [0.2, 0.25) is 5.91 Å². The first-order valence-corrected chi connectivity index (χ1v) is 4.28. The summed E-state index contributed by atoms with van der Waals surface area (Å²) in [7, 11) is -4.52. The van der Waals surface area contributed by atoms with Crippen molar-refractivity contribution in [1.29, 1.82) is 0 Å². The summed E-state index contributed by atoms with van der Waals surface area (Å²) in [6.07, 6.45) is 0. The Kier molecular flexibility index (Phi) is 2.85. The summed E-state index contributed by atoms with van der Waals surface area (Å²) in [6.45, 7) is 1.77. The lowest BCUT2D eigenvalue weighted by Gasteiger charge is -2.31. The van der Waals surface area contributed by atoms with Crippen molar-refractivity contribution in [1.82, 2.24) is 0 Å². The molecule has 0 radical (unpaired) electrons. The van der Waals surface area contributed by atoms with Crippen molar-refractivity contribution in [2.45, 2.75) is 24.5 Å². The summed E-state index contributed by atoms with van der Waals surface area (Å²) in [5.41, 5.74) is 4.72. The Balaban J connectivity index is 5.14. The van der Waals surface area contributed by atoms with Gasteiger partial charge < -0.3 is 10.2 Å². The molecule has 7 nitrogen and oxygen atoms in total. The van der Waals surface area contributed by atoms with Crippen molar-refractivity contribution in [3.8, 4) is 0 Å². The Morgan fingerprint density at radius 2 is 1.67 bits per heavy atom. The molecule has 0 amide bonds. The van der Waals surface area contributed by atoms with E-state index >= 15 is 0 Å². The van der Waals surface area contributed by atoms with Gasteiger partial charge in [-0.05, 0) is 13.8 Å². The molecule has 0 saturated carbocycles. The van der Waals surface area contributed by atoms with E-state index in [-0.39, 0.29) is 0 Å². The van der Waals surface area contributed by atoms with Gasteiger partial charge in [0.1, 0.15) is 0 Å². The number of hydrogen-bond acceptors (Lipinski definition) is 7. The average molecular weight is 201 g/mol. The van der Waals surface area contributed by atoms with E-state index < -0.39 is 20.8 Å². The minimum atomic E-state index is -4.52. The first-order chi connectivity index (χ1) is 5.06. The van der Waals surface area contributed by atoms with Gasteiger partial charge in [-0.15, -0.1) is 4.33 Å². The molecule has 0 fully saturated rings. The van der Waals surface area contributed by atoms with Crippen molar-refractivity contribution in [3.63, 3.8) is 0 Å². The molecule has 0 bridgehead atoms. The van der Waals surface area contributed by atoms with Crippen LogP contribution in [0.25, 0.3) is 0 Å². The molecule has 0 saturated heterocycles. The molecule has 0 aliphatic rings. The second kappa shape index (κ2) is 2.91. The van der Waals surface area contributed by atoms with Crippen LogP contribution in [0.15, 0.2) is 0 Å². The summed E-state index contributed by atoms with van der Waals surface area (Å²) in [4.78, 5) is 0. The molecule has 12 heavy (non-hydrogen) atoms. The zero-order chi connectivity index (χ0) is 10.2. The Morgan fingerprint density at radius 1 is 1.33 bits per heavy atom. The first-order valence-electron chi connectivity index (χ1n) is 2.87. The maximum absolute atomic E-state index is 10.8. The van der Waals surface area contributed by atoms with Gasteiger partial charge in [0.15, 0.2) is 4.75 Å². The molecule has 0 atom stereocenters. The zero-order valence-electron chi connectivity index (χ0n) is 6.55. The Hall–Kier alpha value is -0.250. The van der Waals surface area contributed by atoms with Crippen molar-refractivity contribution < 1.29 is 28.2 Å². The minimum absolute atomic E-state index is 0.887. The Bertz CT molecular complexity index is 249. The standard InChI is InChI=1S/C4H11NO6S/c1-3(2,4(5,6)7)12(9,10)11-8/h6-8H,5H2,1-2H3. The van der Waals surface area contributed by atoms with Crippen molar-refractivity contribution in [2.24, 2.45) is 5.73 Å². The van der Waals surface area contributed by atoms with Crippen LogP contribution < -0.4 is 5.73 Å². The van der Waals surface area contributed by atoms with E-state index in [1.807, 2.05) is 0 Å². The third kappa shape index (κ3) is 1.73. The Morgan fingerprint density at radius 3 is 1.75 bits per heavy atom. The fourth-order valence-corrected chi connectivity index (χ4v) is 0.831. The first kappa shape index (κ1) is 11.8. The molecule has 0 aliphatic heterocycles. The molecule has 0 aromatic heterocycles. The normalized spacial score (nSPS) is 14.8. The minimum Gasteiger partial charge on any atom is -0.352 e. The topological polar surface area (TPSA) is 130 Å². The van der Waals surface area contributed by atoms with Crippen LogP contribution in [-0.4, -0.2) is 34.5 Å². The highest BCUT2D eigenvalue weighted by Gasteiger charge is 2.51. The number of rotatable bonds is 3. The van der Waals surface area contributed by atoms with Gasteiger partial charge in [0.05, 0.1) is 0 Å². The van der Waals surface area contributed by atoms with Gasteiger partial charge >= 0.3 is 10.1 Å². The van der Waals surface area contributed by atoms with Gasteiger partial charge in [0, 0.05) is 0 Å². The lowest BCUT2D eigenvalue weighted by molar-refractivity contribution is -0.189. The van der Waals surface area contributed by atoms with Crippen molar-refractivity contribution in [3.05, 3.63) is 0 Å². The van der Waals surface area contributed by atoms with Gasteiger partial charge in [-0.25, -0.2) is 5.26 Å². The zero-order valence-corrected chi connectivity index (χ0v) is 7.37. The summed E-state index contributed by atoms with van der Waals surface area (Å²) < 4.78 is 22.5. The summed E-state index contributed by atoms with van der Waals surface area (Å²) in [6, 6.07) is 0. The molecule has 0 aromatic carbocycles. The van der Waals surface area contributed by atoms with E-state index in [0.29, 0.717) is 0 Å². The number of aliphatic hydroxyl groups is 2. The van der Waals surface area contributed by atoms with Gasteiger partial charge in [-0.1, -0.05) is 0 Å². The third-order valence-corrected chi connectivity index (χ3v) is 3.36. The van der Waals surface area contributed by atoms with Gasteiger partial charge in [-0.3, -0.25) is 5.73 Å². The molecule has 0 heterocycles. The quantitative estimate of drug-likeness (QED) is 0.240. The van der Waals surface area contributed by atoms with Gasteiger partial charge in [-0.2, -0.15) is 8.42 Å².